The van der Waals surface area contributed by atoms with Crippen molar-refractivity contribution >= 4 is 11.6 Å². The maximum absolute atomic E-state index is 11.5. The molecule has 104 valence electrons. The van der Waals surface area contributed by atoms with Crippen LogP contribution in [0.2, 0.25) is 0 Å². The highest BCUT2D eigenvalue weighted by molar-refractivity contribution is 6.00. The van der Waals surface area contributed by atoms with E-state index in [9.17, 15) is 4.79 Å². The quantitative estimate of drug-likeness (QED) is 0.470. The van der Waals surface area contributed by atoms with Gasteiger partial charge in [-0.15, -0.1) is 0 Å². The van der Waals surface area contributed by atoms with Crippen LogP contribution in [0.15, 0.2) is 29.4 Å². The summed E-state index contributed by atoms with van der Waals surface area (Å²) in [4.78, 5) is 11.5. The average Bonchev–Trinajstić information content (AvgIpc) is 2.37. The Bertz CT molecular complexity index is 456. The maximum atomic E-state index is 11.5. The lowest BCUT2D eigenvalue weighted by molar-refractivity contribution is -0.122. The Labute approximate surface area is 113 Å². The topological polar surface area (TPSA) is 70.9 Å². The number of nitrogens with zero attached hydrogens (tertiary/aromatic N) is 1. The second kappa shape index (κ2) is 7.41. The van der Waals surface area contributed by atoms with Gasteiger partial charge in [-0.25, -0.2) is 0 Å². The summed E-state index contributed by atoms with van der Waals surface area (Å²) < 4.78 is 5.56. The van der Waals surface area contributed by atoms with E-state index in [2.05, 4.69) is 10.5 Å². The highest BCUT2D eigenvalue weighted by atomic mass is 16.5. The summed E-state index contributed by atoms with van der Waals surface area (Å²) in [6.45, 7) is 5.80. The van der Waals surface area contributed by atoms with Crippen LogP contribution in [0.1, 0.15) is 32.8 Å². The molecule has 19 heavy (non-hydrogen) atoms. The predicted molar refractivity (Wildman–Crippen MR) is 73.8 cm³/mol. The molecular formula is C14H20N2O3. The molecule has 1 aromatic carbocycles. The summed E-state index contributed by atoms with van der Waals surface area (Å²) in [5.74, 6) is 0.565. The van der Waals surface area contributed by atoms with Crippen molar-refractivity contribution < 1.29 is 14.7 Å². The van der Waals surface area contributed by atoms with E-state index in [1.807, 2.05) is 26.0 Å². The number of para-hydroxylation sites is 1. The molecule has 0 saturated carbocycles. The first-order valence-corrected chi connectivity index (χ1v) is 6.24. The summed E-state index contributed by atoms with van der Waals surface area (Å²) in [6, 6.07) is 7.38. The van der Waals surface area contributed by atoms with E-state index in [1.165, 1.54) is 0 Å². The summed E-state index contributed by atoms with van der Waals surface area (Å²) in [5.41, 5.74) is 1.19. The van der Waals surface area contributed by atoms with Crippen molar-refractivity contribution in [3.05, 3.63) is 29.8 Å². The zero-order chi connectivity index (χ0) is 14.3. The van der Waals surface area contributed by atoms with Crippen molar-refractivity contribution in [3.8, 4) is 5.75 Å². The molecule has 0 bridgehead atoms. The maximum Gasteiger partial charge on any atom is 0.223 e. The first kappa shape index (κ1) is 15.0. The zero-order valence-electron chi connectivity index (χ0n) is 11.5. The SMILES string of the molecule is C/C(=N\O)c1ccccc1OCCC(=O)NC(C)C. The molecule has 0 aliphatic heterocycles. The van der Waals surface area contributed by atoms with Crippen LogP contribution in [0.5, 0.6) is 5.75 Å². The Morgan fingerprint density at radius 2 is 2.11 bits per heavy atom. The largest absolute Gasteiger partial charge is 0.492 e. The number of ether oxygens (including phenoxy) is 1. The Morgan fingerprint density at radius 3 is 2.74 bits per heavy atom. The van der Waals surface area contributed by atoms with E-state index in [1.54, 1.807) is 19.1 Å². The lowest BCUT2D eigenvalue weighted by Gasteiger charge is -2.11. The molecule has 1 amide bonds. The van der Waals surface area contributed by atoms with Crippen molar-refractivity contribution in [1.82, 2.24) is 5.32 Å². The molecule has 0 radical (unpaired) electrons. The molecule has 0 unspecified atom stereocenters. The number of amides is 1. The van der Waals surface area contributed by atoms with Gasteiger partial charge in [0.2, 0.25) is 5.91 Å². The van der Waals surface area contributed by atoms with E-state index >= 15 is 0 Å². The number of hydrogen-bond donors (Lipinski definition) is 2. The van der Waals surface area contributed by atoms with Gasteiger partial charge in [-0.1, -0.05) is 17.3 Å². The normalized spacial score (nSPS) is 11.5. The highest BCUT2D eigenvalue weighted by Crippen LogP contribution is 2.18. The summed E-state index contributed by atoms with van der Waals surface area (Å²) in [7, 11) is 0. The van der Waals surface area contributed by atoms with Gasteiger partial charge in [0.1, 0.15) is 5.75 Å². The Morgan fingerprint density at radius 1 is 1.42 bits per heavy atom. The van der Waals surface area contributed by atoms with Gasteiger partial charge < -0.3 is 15.3 Å². The molecular weight excluding hydrogens is 244 g/mol. The van der Waals surface area contributed by atoms with E-state index in [4.69, 9.17) is 9.94 Å². The second-order valence-electron chi connectivity index (χ2n) is 4.50. The minimum atomic E-state index is -0.0416. The fourth-order valence-electron chi connectivity index (χ4n) is 1.59. The first-order chi connectivity index (χ1) is 9.04. The average molecular weight is 264 g/mol. The molecule has 0 aliphatic carbocycles. The van der Waals surface area contributed by atoms with Crippen LogP contribution in [0, 0.1) is 0 Å². The van der Waals surface area contributed by atoms with Crippen molar-refractivity contribution in [2.75, 3.05) is 6.61 Å². The third kappa shape index (κ3) is 4.99. The summed E-state index contributed by atoms with van der Waals surface area (Å²) in [6.07, 6.45) is 0.293. The number of hydrogen-bond acceptors (Lipinski definition) is 4. The van der Waals surface area contributed by atoms with Crippen LogP contribution in [0.3, 0.4) is 0 Å². The van der Waals surface area contributed by atoms with Gasteiger partial charge in [-0.3, -0.25) is 4.79 Å². The van der Waals surface area contributed by atoms with Gasteiger partial charge in [0.15, 0.2) is 0 Å². The molecule has 0 spiro atoms. The van der Waals surface area contributed by atoms with Gasteiger partial charge in [0.05, 0.1) is 18.7 Å². The van der Waals surface area contributed by atoms with Crippen LogP contribution in [-0.2, 0) is 4.79 Å². The standard InChI is InChI=1S/C14H20N2O3/c1-10(2)15-14(17)8-9-19-13-7-5-4-6-12(13)11(3)16-18/h4-7,10,18H,8-9H2,1-3H3,(H,15,17)/b16-11+. The molecule has 0 heterocycles. The van der Waals surface area contributed by atoms with Gasteiger partial charge in [-0.2, -0.15) is 0 Å². The van der Waals surface area contributed by atoms with Gasteiger partial charge in [0.25, 0.3) is 0 Å². The van der Waals surface area contributed by atoms with Crippen molar-refractivity contribution in [3.63, 3.8) is 0 Å². The molecule has 1 rings (SSSR count). The van der Waals surface area contributed by atoms with Crippen LogP contribution in [-0.4, -0.2) is 29.5 Å². The highest BCUT2D eigenvalue weighted by Gasteiger charge is 2.08. The Balaban J connectivity index is 2.56. The minimum absolute atomic E-state index is 0.0416. The number of carbonyl (C=O) groups excluding carboxylic acids is 1. The third-order valence-electron chi connectivity index (χ3n) is 2.46. The molecule has 5 heteroatoms. The molecule has 0 aromatic heterocycles. The fourth-order valence-corrected chi connectivity index (χ4v) is 1.59. The zero-order valence-corrected chi connectivity index (χ0v) is 11.5. The smallest absolute Gasteiger partial charge is 0.223 e. The molecule has 0 aliphatic rings. The van der Waals surface area contributed by atoms with Gasteiger partial charge in [0, 0.05) is 11.6 Å². The Kier molecular flexibility index (Phi) is 5.85. The van der Waals surface area contributed by atoms with E-state index < -0.39 is 0 Å². The molecule has 5 nitrogen and oxygen atoms in total. The van der Waals surface area contributed by atoms with Crippen molar-refractivity contribution in [2.24, 2.45) is 5.16 Å². The van der Waals surface area contributed by atoms with Crippen LogP contribution in [0.25, 0.3) is 0 Å². The molecule has 0 saturated heterocycles. The monoisotopic (exact) mass is 264 g/mol. The minimum Gasteiger partial charge on any atom is -0.492 e. The predicted octanol–water partition coefficient (Wildman–Crippen LogP) is 2.18. The number of carbonyl (C=O) groups is 1. The lowest BCUT2D eigenvalue weighted by Crippen LogP contribution is -2.31. The third-order valence-corrected chi connectivity index (χ3v) is 2.46. The second-order valence-corrected chi connectivity index (χ2v) is 4.50. The van der Waals surface area contributed by atoms with Gasteiger partial charge >= 0.3 is 0 Å². The number of benzene rings is 1. The Hall–Kier alpha value is -2.04. The van der Waals surface area contributed by atoms with E-state index in [0.29, 0.717) is 23.4 Å². The van der Waals surface area contributed by atoms with Crippen molar-refractivity contribution in [1.29, 1.82) is 0 Å². The fraction of sp³-hybridized carbons (Fsp3) is 0.429. The lowest BCUT2D eigenvalue weighted by atomic mass is 10.1. The molecule has 1 aromatic rings. The molecule has 0 atom stereocenters. The number of oxime groups is 1. The summed E-state index contributed by atoms with van der Waals surface area (Å²) in [5, 5.41) is 14.7. The van der Waals surface area contributed by atoms with Gasteiger partial charge in [-0.05, 0) is 32.9 Å². The van der Waals surface area contributed by atoms with E-state index in [0.717, 1.165) is 0 Å². The van der Waals surface area contributed by atoms with Crippen LogP contribution < -0.4 is 10.1 Å². The van der Waals surface area contributed by atoms with Crippen LogP contribution >= 0.6 is 0 Å². The molecule has 2 N–H and O–H groups in total. The molecule has 0 fully saturated rings. The first-order valence-electron chi connectivity index (χ1n) is 6.24. The van der Waals surface area contributed by atoms with E-state index in [-0.39, 0.29) is 18.6 Å². The number of nitrogens with one attached hydrogen (secondary N) is 1. The summed E-state index contributed by atoms with van der Waals surface area (Å²) >= 11 is 0. The van der Waals surface area contributed by atoms with Crippen LogP contribution in [0.4, 0.5) is 0 Å². The number of rotatable bonds is 6. The van der Waals surface area contributed by atoms with Crippen molar-refractivity contribution in [2.45, 2.75) is 33.2 Å².